The van der Waals surface area contributed by atoms with E-state index in [0.717, 1.165) is 0 Å². The molecule has 1 unspecified atom stereocenters. The van der Waals surface area contributed by atoms with Crippen LogP contribution >= 0.6 is 23.1 Å². The molecule has 22 heavy (non-hydrogen) atoms. The minimum Gasteiger partial charge on any atom is -0.374 e. The van der Waals surface area contributed by atoms with E-state index in [-0.39, 0.29) is 16.8 Å². The molecular weight excluding hydrogens is 324 g/mol. The average molecular weight is 336 g/mol. The lowest BCUT2D eigenvalue weighted by atomic mass is 10.2. The second-order valence-corrected chi connectivity index (χ2v) is 7.09. The normalized spacial score (nSPS) is 12.4. The molecule has 0 radical (unpaired) electrons. The van der Waals surface area contributed by atoms with Crippen molar-refractivity contribution < 1.29 is 4.79 Å². The monoisotopic (exact) mass is 336 g/mol. The summed E-state index contributed by atoms with van der Waals surface area (Å²) in [7, 11) is 0. The summed E-state index contributed by atoms with van der Waals surface area (Å²) in [6.07, 6.45) is 0. The summed E-state index contributed by atoms with van der Waals surface area (Å²) in [6, 6.07) is 5.15. The van der Waals surface area contributed by atoms with Crippen molar-refractivity contribution in [1.29, 1.82) is 0 Å². The van der Waals surface area contributed by atoms with E-state index in [2.05, 4.69) is 25.5 Å². The third-order valence-electron chi connectivity index (χ3n) is 2.85. The molecule has 2 aromatic heterocycles. The highest BCUT2D eigenvalue weighted by Gasteiger charge is 2.17. The zero-order valence-corrected chi connectivity index (χ0v) is 13.0. The van der Waals surface area contributed by atoms with Gasteiger partial charge in [0.2, 0.25) is 11.0 Å². The Bertz CT molecular complexity index is 883. The molecule has 1 aromatic carbocycles. The molecule has 0 aliphatic rings. The molecule has 0 aliphatic heterocycles. The van der Waals surface area contributed by atoms with Gasteiger partial charge in [-0.1, -0.05) is 23.1 Å². The molecular formula is C12H12N6O2S2. The van der Waals surface area contributed by atoms with E-state index >= 15 is 0 Å². The maximum atomic E-state index is 12.2. The molecule has 0 bridgehead atoms. The lowest BCUT2D eigenvalue weighted by Crippen LogP contribution is -2.22. The second kappa shape index (κ2) is 5.81. The number of amides is 1. The standard InChI is InChI=1S/C12H12N6O2S2/c1-5(21-12-18-17-10(13)22-12)9(19)14-6-2-3-7-8(4-6)16-11(20)15-7/h2-5H,1H3,(H2,13,17)(H,14,19)(H2,15,16,20). The van der Waals surface area contributed by atoms with Crippen LogP contribution < -0.4 is 16.7 Å². The van der Waals surface area contributed by atoms with Crippen molar-refractivity contribution >= 4 is 50.9 Å². The van der Waals surface area contributed by atoms with Crippen LogP contribution in [-0.2, 0) is 4.79 Å². The van der Waals surface area contributed by atoms with Crippen molar-refractivity contribution in [2.24, 2.45) is 0 Å². The third-order valence-corrected chi connectivity index (χ3v) is 4.79. The number of rotatable bonds is 4. The number of carbonyl (C=O) groups excluding carboxylic acids is 1. The molecule has 1 amide bonds. The Labute approximate surface area is 132 Å². The number of fused-ring (bicyclic) bond motifs is 1. The number of nitrogens with two attached hydrogens (primary N) is 1. The average Bonchev–Trinajstić information content (AvgIpc) is 3.03. The molecule has 0 saturated carbocycles. The van der Waals surface area contributed by atoms with Gasteiger partial charge in [-0.15, -0.1) is 10.2 Å². The fourth-order valence-electron chi connectivity index (χ4n) is 1.83. The number of nitrogens with one attached hydrogen (secondary N) is 3. The number of aromatic nitrogens is 4. The van der Waals surface area contributed by atoms with Crippen LogP contribution in [0.3, 0.4) is 0 Å². The van der Waals surface area contributed by atoms with Crippen molar-refractivity contribution in [3.63, 3.8) is 0 Å². The molecule has 0 fully saturated rings. The van der Waals surface area contributed by atoms with E-state index in [4.69, 9.17) is 5.73 Å². The van der Waals surface area contributed by atoms with Gasteiger partial charge in [0, 0.05) is 5.69 Å². The third kappa shape index (κ3) is 3.12. The van der Waals surface area contributed by atoms with Gasteiger partial charge in [0.05, 0.1) is 16.3 Å². The first kappa shape index (κ1) is 14.6. The number of carbonyl (C=O) groups is 1. The molecule has 10 heteroatoms. The lowest BCUT2D eigenvalue weighted by molar-refractivity contribution is -0.115. The molecule has 5 N–H and O–H groups in total. The summed E-state index contributed by atoms with van der Waals surface area (Å²) < 4.78 is 0.644. The molecule has 0 spiro atoms. The minimum absolute atomic E-state index is 0.170. The highest BCUT2D eigenvalue weighted by atomic mass is 32.2. The molecule has 0 aliphatic carbocycles. The lowest BCUT2D eigenvalue weighted by Gasteiger charge is -2.10. The first-order chi connectivity index (χ1) is 10.5. The quantitative estimate of drug-likeness (QED) is 0.533. The Kier molecular flexibility index (Phi) is 3.86. The van der Waals surface area contributed by atoms with Crippen LogP contribution in [0.4, 0.5) is 10.8 Å². The maximum absolute atomic E-state index is 12.2. The van der Waals surface area contributed by atoms with Crippen LogP contribution in [0, 0.1) is 0 Å². The van der Waals surface area contributed by atoms with Gasteiger partial charge in [0.25, 0.3) is 0 Å². The highest BCUT2D eigenvalue weighted by Crippen LogP contribution is 2.28. The Morgan fingerprint density at radius 2 is 2.14 bits per heavy atom. The summed E-state index contributed by atoms with van der Waals surface area (Å²) in [6.45, 7) is 1.77. The number of aromatic amines is 2. The Hall–Kier alpha value is -2.33. The number of H-pyrrole nitrogens is 2. The van der Waals surface area contributed by atoms with Crippen LogP contribution in [0.25, 0.3) is 11.0 Å². The number of thioether (sulfide) groups is 1. The van der Waals surface area contributed by atoms with Gasteiger partial charge in [-0.2, -0.15) is 0 Å². The maximum Gasteiger partial charge on any atom is 0.323 e. The van der Waals surface area contributed by atoms with Gasteiger partial charge in [0.15, 0.2) is 4.34 Å². The van der Waals surface area contributed by atoms with E-state index in [0.29, 0.717) is 26.2 Å². The van der Waals surface area contributed by atoms with E-state index < -0.39 is 0 Å². The van der Waals surface area contributed by atoms with Crippen LogP contribution in [0.2, 0.25) is 0 Å². The molecule has 3 rings (SSSR count). The van der Waals surface area contributed by atoms with Crippen LogP contribution in [0.15, 0.2) is 27.3 Å². The fraction of sp³-hybridized carbons (Fsp3) is 0.167. The number of anilines is 2. The van der Waals surface area contributed by atoms with Crippen molar-refractivity contribution in [1.82, 2.24) is 20.2 Å². The van der Waals surface area contributed by atoms with E-state index in [1.54, 1.807) is 25.1 Å². The minimum atomic E-state index is -0.353. The zero-order valence-electron chi connectivity index (χ0n) is 11.4. The number of nitrogen functional groups attached to an aromatic ring is 1. The summed E-state index contributed by atoms with van der Waals surface area (Å²) in [5.41, 5.74) is 7.16. The molecule has 3 aromatic rings. The van der Waals surface area contributed by atoms with E-state index in [1.165, 1.54) is 23.1 Å². The Morgan fingerprint density at radius 3 is 2.86 bits per heavy atom. The summed E-state index contributed by atoms with van der Waals surface area (Å²) >= 11 is 2.53. The summed E-state index contributed by atoms with van der Waals surface area (Å²) in [5.74, 6) is -0.170. The number of hydrogen-bond acceptors (Lipinski definition) is 7. The van der Waals surface area contributed by atoms with Crippen molar-refractivity contribution in [2.45, 2.75) is 16.5 Å². The predicted octanol–water partition coefficient (Wildman–Crippen LogP) is 1.41. The zero-order chi connectivity index (χ0) is 15.7. The molecule has 0 saturated heterocycles. The Balaban J connectivity index is 1.70. The molecule has 114 valence electrons. The SMILES string of the molecule is CC(Sc1nnc(N)s1)C(=O)Nc1ccc2[nH]c(=O)[nH]c2c1. The van der Waals surface area contributed by atoms with Crippen molar-refractivity contribution in [3.05, 3.63) is 28.7 Å². The largest absolute Gasteiger partial charge is 0.374 e. The van der Waals surface area contributed by atoms with E-state index in [1.807, 2.05) is 0 Å². The molecule has 8 nitrogen and oxygen atoms in total. The molecule has 1 atom stereocenters. The van der Waals surface area contributed by atoms with Gasteiger partial charge in [-0.25, -0.2) is 4.79 Å². The van der Waals surface area contributed by atoms with Crippen LogP contribution in [0.5, 0.6) is 0 Å². The van der Waals surface area contributed by atoms with Crippen LogP contribution in [0.1, 0.15) is 6.92 Å². The first-order valence-electron chi connectivity index (χ1n) is 6.30. The smallest absolute Gasteiger partial charge is 0.323 e. The Morgan fingerprint density at radius 1 is 1.36 bits per heavy atom. The van der Waals surface area contributed by atoms with Gasteiger partial charge in [-0.05, 0) is 25.1 Å². The van der Waals surface area contributed by atoms with Gasteiger partial charge in [-0.3, -0.25) is 4.79 Å². The summed E-state index contributed by atoms with van der Waals surface area (Å²) in [4.78, 5) is 28.7. The number of benzene rings is 1. The highest BCUT2D eigenvalue weighted by molar-refractivity contribution is 8.02. The second-order valence-electron chi connectivity index (χ2n) is 4.50. The first-order valence-corrected chi connectivity index (χ1v) is 7.99. The number of imidazole rings is 1. The fourth-order valence-corrected chi connectivity index (χ4v) is 3.61. The topological polar surface area (TPSA) is 130 Å². The van der Waals surface area contributed by atoms with Gasteiger partial charge < -0.3 is 21.0 Å². The summed E-state index contributed by atoms with van der Waals surface area (Å²) in [5, 5.41) is 10.4. The number of nitrogens with zero attached hydrogens (tertiary/aromatic N) is 2. The predicted molar refractivity (Wildman–Crippen MR) is 87.2 cm³/mol. The number of hydrogen-bond donors (Lipinski definition) is 4. The van der Waals surface area contributed by atoms with Gasteiger partial charge in [0.1, 0.15) is 0 Å². The van der Waals surface area contributed by atoms with Crippen LogP contribution in [-0.4, -0.2) is 31.3 Å². The van der Waals surface area contributed by atoms with Crippen molar-refractivity contribution in [3.8, 4) is 0 Å². The van der Waals surface area contributed by atoms with Crippen molar-refractivity contribution in [2.75, 3.05) is 11.1 Å². The van der Waals surface area contributed by atoms with Gasteiger partial charge >= 0.3 is 5.69 Å². The molecule has 2 heterocycles. The van der Waals surface area contributed by atoms with E-state index in [9.17, 15) is 9.59 Å².